The summed E-state index contributed by atoms with van der Waals surface area (Å²) in [6, 6.07) is 12.0. The van der Waals surface area contributed by atoms with E-state index >= 15 is 0 Å². The van der Waals surface area contributed by atoms with E-state index in [1.807, 2.05) is 12.1 Å². The predicted molar refractivity (Wildman–Crippen MR) is 98.4 cm³/mol. The monoisotopic (exact) mass is 338 g/mol. The highest BCUT2D eigenvalue weighted by molar-refractivity contribution is 5.88. The zero-order valence-electron chi connectivity index (χ0n) is 14.0. The van der Waals surface area contributed by atoms with Crippen molar-refractivity contribution in [2.24, 2.45) is 0 Å². The maximum atomic E-state index is 11.7. The zero-order valence-corrected chi connectivity index (χ0v) is 14.0. The molecule has 1 aliphatic heterocycles. The number of anilines is 4. The van der Waals surface area contributed by atoms with Gasteiger partial charge in [0.25, 0.3) is 0 Å². The lowest BCUT2D eigenvalue weighted by atomic mass is 10.2. The van der Waals surface area contributed by atoms with Gasteiger partial charge in [0.2, 0.25) is 0 Å². The molecule has 2 amide bonds. The minimum atomic E-state index is -0.227. The van der Waals surface area contributed by atoms with Gasteiger partial charge in [0, 0.05) is 30.5 Å². The van der Waals surface area contributed by atoms with Crippen LogP contribution in [-0.2, 0) is 0 Å². The first-order chi connectivity index (χ1) is 12.3. The van der Waals surface area contributed by atoms with Gasteiger partial charge in [-0.15, -0.1) is 10.2 Å². The molecule has 1 aliphatic carbocycles. The molecule has 1 saturated carbocycles. The van der Waals surface area contributed by atoms with Gasteiger partial charge in [0.05, 0.1) is 0 Å². The standard InChI is InChI=1S/C18H22N6O/c25-18(20-14-3-4-14)21-17-10-9-16(22-23-17)19-13-5-7-15(8-6-13)24-11-1-2-12-24/h5-10,14H,1-4,11-12H2,(H,19,22)(H2,20,21,23,25). The fourth-order valence-electron chi connectivity index (χ4n) is 2.91. The van der Waals surface area contributed by atoms with Crippen LogP contribution in [0, 0.1) is 0 Å². The summed E-state index contributed by atoms with van der Waals surface area (Å²) in [5.41, 5.74) is 2.22. The molecule has 0 atom stereocenters. The van der Waals surface area contributed by atoms with Crippen LogP contribution in [0.1, 0.15) is 25.7 Å². The fourth-order valence-corrected chi connectivity index (χ4v) is 2.91. The number of carbonyl (C=O) groups is 1. The van der Waals surface area contributed by atoms with Crippen LogP contribution in [0.25, 0.3) is 0 Å². The van der Waals surface area contributed by atoms with Crippen molar-refractivity contribution in [2.45, 2.75) is 31.7 Å². The summed E-state index contributed by atoms with van der Waals surface area (Å²) >= 11 is 0. The van der Waals surface area contributed by atoms with Crippen molar-refractivity contribution < 1.29 is 4.79 Å². The van der Waals surface area contributed by atoms with Crippen LogP contribution in [-0.4, -0.2) is 35.4 Å². The molecule has 0 spiro atoms. The Morgan fingerprint density at radius 1 is 0.960 bits per heavy atom. The lowest BCUT2D eigenvalue weighted by Crippen LogP contribution is -2.30. The smallest absolute Gasteiger partial charge is 0.320 e. The Kier molecular flexibility index (Phi) is 4.37. The molecule has 7 nitrogen and oxygen atoms in total. The van der Waals surface area contributed by atoms with Gasteiger partial charge in [-0.3, -0.25) is 5.32 Å². The zero-order chi connectivity index (χ0) is 17.1. The fraction of sp³-hybridized carbons (Fsp3) is 0.389. The normalized spacial score (nSPS) is 16.6. The topological polar surface area (TPSA) is 82.2 Å². The van der Waals surface area contributed by atoms with Gasteiger partial charge in [-0.2, -0.15) is 0 Å². The maximum Gasteiger partial charge on any atom is 0.320 e. The Hall–Kier alpha value is -2.83. The van der Waals surface area contributed by atoms with Crippen molar-refractivity contribution in [3.05, 3.63) is 36.4 Å². The van der Waals surface area contributed by atoms with Crippen LogP contribution in [0.15, 0.2) is 36.4 Å². The van der Waals surface area contributed by atoms with E-state index in [-0.39, 0.29) is 6.03 Å². The SMILES string of the molecule is O=C(Nc1ccc(Nc2ccc(N3CCCC3)cc2)nn1)NC1CC1. The van der Waals surface area contributed by atoms with Crippen LogP contribution >= 0.6 is 0 Å². The first-order valence-electron chi connectivity index (χ1n) is 8.79. The van der Waals surface area contributed by atoms with Gasteiger partial charge >= 0.3 is 6.03 Å². The summed E-state index contributed by atoms with van der Waals surface area (Å²) in [6.45, 7) is 2.28. The summed E-state index contributed by atoms with van der Waals surface area (Å²) in [6.07, 6.45) is 4.65. The van der Waals surface area contributed by atoms with Gasteiger partial charge < -0.3 is 15.5 Å². The van der Waals surface area contributed by atoms with Gasteiger partial charge in [-0.05, 0) is 62.1 Å². The van der Waals surface area contributed by atoms with Crippen molar-refractivity contribution in [1.82, 2.24) is 15.5 Å². The molecular weight excluding hydrogens is 316 g/mol. The number of carbonyl (C=O) groups excluding carboxylic acids is 1. The molecule has 1 saturated heterocycles. The average molecular weight is 338 g/mol. The van der Waals surface area contributed by atoms with Gasteiger partial charge in [0.15, 0.2) is 11.6 Å². The summed E-state index contributed by atoms with van der Waals surface area (Å²) in [4.78, 5) is 14.1. The number of rotatable bonds is 5. The Bertz CT molecular complexity index is 720. The number of nitrogens with zero attached hydrogens (tertiary/aromatic N) is 3. The number of urea groups is 1. The Morgan fingerprint density at radius 3 is 2.28 bits per heavy atom. The molecule has 1 aromatic carbocycles. The van der Waals surface area contributed by atoms with Crippen molar-refractivity contribution >= 4 is 29.0 Å². The third-order valence-electron chi connectivity index (χ3n) is 4.43. The van der Waals surface area contributed by atoms with Gasteiger partial charge in [0.1, 0.15) is 0 Å². The molecule has 1 aromatic heterocycles. The predicted octanol–water partition coefficient (Wildman–Crippen LogP) is 3.10. The number of benzene rings is 1. The molecule has 25 heavy (non-hydrogen) atoms. The van der Waals surface area contributed by atoms with E-state index in [1.165, 1.54) is 18.5 Å². The summed E-state index contributed by atoms with van der Waals surface area (Å²) in [5.74, 6) is 1.08. The quantitative estimate of drug-likeness (QED) is 0.780. The van der Waals surface area contributed by atoms with Gasteiger partial charge in [-0.25, -0.2) is 4.79 Å². The van der Waals surface area contributed by atoms with Crippen molar-refractivity contribution in [3.63, 3.8) is 0 Å². The van der Waals surface area contributed by atoms with E-state index in [1.54, 1.807) is 12.1 Å². The minimum absolute atomic E-state index is 0.227. The molecule has 2 aromatic rings. The second kappa shape index (κ2) is 6.96. The molecule has 0 radical (unpaired) electrons. The van der Waals surface area contributed by atoms with E-state index < -0.39 is 0 Å². The van der Waals surface area contributed by atoms with Crippen molar-refractivity contribution in [2.75, 3.05) is 28.6 Å². The number of nitrogens with one attached hydrogen (secondary N) is 3. The Morgan fingerprint density at radius 2 is 1.64 bits per heavy atom. The molecule has 2 fully saturated rings. The van der Waals surface area contributed by atoms with E-state index in [0.29, 0.717) is 17.7 Å². The molecule has 0 unspecified atom stereocenters. The van der Waals surface area contributed by atoms with Crippen LogP contribution in [0.2, 0.25) is 0 Å². The van der Waals surface area contributed by atoms with Crippen molar-refractivity contribution in [3.8, 4) is 0 Å². The van der Waals surface area contributed by atoms with Crippen LogP contribution in [0.5, 0.6) is 0 Å². The molecule has 4 rings (SSSR count). The molecule has 0 bridgehead atoms. The highest BCUT2D eigenvalue weighted by Gasteiger charge is 2.23. The van der Waals surface area contributed by atoms with Crippen molar-refractivity contribution in [1.29, 1.82) is 0 Å². The van der Waals surface area contributed by atoms with Gasteiger partial charge in [-0.1, -0.05) is 0 Å². The first kappa shape index (κ1) is 15.7. The summed E-state index contributed by atoms with van der Waals surface area (Å²) < 4.78 is 0. The molecular formula is C18H22N6O. The lowest BCUT2D eigenvalue weighted by Gasteiger charge is -2.17. The molecule has 3 N–H and O–H groups in total. The Labute approximate surface area is 146 Å². The van der Waals surface area contributed by atoms with E-state index in [0.717, 1.165) is 31.6 Å². The molecule has 130 valence electrons. The van der Waals surface area contributed by atoms with Crippen LogP contribution in [0.4, 0.5) is 27.8 Å². The number of aromatic nitrogens is 2. The molecule has 7 heteroatoms. The van der Waals surface area contributed by atoms with E-state index in [9.17, 15) is 4.79 Å². The van der Waals surface area contributed by atoms with E-state index in [2.05, 4.69) is 43.2 Å². The largest absolute Gasteiger partial charge is 0.372 e. The van der Waals surface area contributed by atoms with Crippen LogP contribution < -0.4 is 20.9 Å². The third kappa shape index (κ3) is 4.17. The maximum absolute atomic E-state index is 11.7. The highest BCUT2D eigenvalue weighted by atomic mass is 16.2. The second-order valence-corrected chi connectivity index (χ2v) is 6.54. The third-order valence-corrected chi connectivity index (χ3v) is 4.43. The Balaban J connectivity index is 1.33. The highest BCUT2D eigenvalue weighted by Crippen LogP contribution is 2.23. The number of hydrogen-bond acceptors (Lipinski definition) is 5. The number of amides is 2. The summed E-state index contributed by atoms with van der Waals surface area (Å²) in [5, 5.41) is 16.9. The summed E-state index contributed by atoms with van der Waals surface area (Å²) in [7, 11) is 0. The molecule has 2 heterocycles. The van der Waals surface area contributed by atoms with Crippen LogP contribution in [0.3, 0.4) is 0 Å². The lowest BCUT2D eigenvalue weighted by molar-refractivity contribution is 0.251. The minimum Gasteiger partial charge on any atom is -0.372 e. The average Bonchev–Trinajstić information content (AvgIpc) is 3.26. The molecule has 2 aliphatic rings. The second-order valence-electron chi connectivity index (χ2n) is 6.54. The van der Waals surface area contributed by atoms with E-state index in [4.69, 9.17) is 0 Å². The number of hydrogen-bond donors (Lipinski definition) is 3. The first-order valence-corrected chi connectivity index (χ1v) is 8.79.